The van der Waals surface area contributed by atoms with E-state index in [9.17, 15) is 14.9 Å². The van der Waals surface area contributed by atoms with Gasteiger partial charge in [-0.25, -0.2) is 4.98 Å². The van der Waals surface area contributed by atoms with Gasteiger partial charge in [-0.05, 0) is 0 Å². The Balaban J connectivity index is 3.04. The molecule has 0 aliphatic carbocycles. The Morgan fingerprint density at radius 3 is 3.00 bits per heavy atom. The van der Waals surface area contributed by atoms with Crippen molar-refractivity contribution >= 4 is 23.6 Å². The fraction of sp³-hybridized carbons (Fsp3) is 0.111. The van der Waals surface area contributed by atoms with Gasteiger partial charge in [-0.3, -0.25) is 10.1 Å². The monoisotopic (exact) mass is 224 g/mol. The summed E-state index contributed by atoms with van der Waals surface area (Å²) in [7, 11) is 0. The van der Waals surface area contributed by atoms with E-state index < -0.39 is 4.92 Å². The molecule has 1 heterocycles. The third-order valence-corrected chi connectivity index (χ3v) is 1.73. The number of nitro groups is 1. The maximum Gasteiger partial charge on any atom is 0.307 e. The van der Waals surface area contributed by atoms with E-state index in [0.717, 1.165) is 0 Å². The summed E-state index contributed by atoms with van der Waals surface area (Å²) in [6, 6.07) is 1.22. The minimum absolute atomic E-state index is 0.0798. The lowest BCUT2D eigenvalue weighted by atomic mass is 10.2. The minimum Gasteiger partial charge on any atom is -0.302 e. The summed E-state index contributed by atoms with van der Waals surface area (Å²) in [6.45, 7) is 0. The number of pyridine rings is 1. The molecule has 0 aromatic carbocycles. The van der Waals surface area contributed by atoms with Crippen LogP contribution in [0.5, 0.6) is 0 Å². The molecule has 0 saturated heterocycles. The smallest absolute Gasteiger partial charge is 0.302 e. The molecule has 5 nitrogen and oxygen atoms in total. The fourth-order valence-electron chi connectivity index (χ4n) is 0.828. The maximum atomic E-state index is 10.5. The molecule has 0 atom stereocenters. The van der Waals surface area contributed by atoms with E-state index in [2.05, 4.69) is 16.8 Å². The highest BCUT2D eigenvalue weighted by Gasteiger charge is 2.13. The highest BCUT2D eigenvalue weighted by atomic mass is 35.5. The van der Waals surface area contributed by atoms with Crippen molar-refractivity contribution in [1.82, 2.24) is 4.98 Å². The molecule has 1 rings (SSSR count). The first-order valence-corrected chi connectivity index (χ1v) is 4.25. The van der Waals surface area contributed by atoms with Crippen LogP contribution >= 0.6 is 11.6 Å². The van der Waals surface area contributed by atoms with E-state index in [1.807, 2.05) is 0 Å². The second kappa shape index (κ2) is 5.08. The summed E-state index contributed by atoms with van der Waals surface area (Å²) in [5.41, 5.74) is 0.0579. The summed E-state index contributed by atoms with van der Waals surface area (Å²) in [5, 5.41) is 10.3. The Hall–Kier alpha value is -1.93. The van der Waals surface area contributed by atoms with Gasteiger partial charge in [0.1, 0.15) is 6.29 Å². The number of hydrogen-bond acceptors (Lipinski definition) is 4. The van der Waals surface area contributed by atoms with Crippen LogP contribution in [0.3, 0.4) is 0 Å². The number of nitrogens with zero attached hydrogens (tertiary/aromatic N) is 2. The molecular weight excluding hydrogens is 220 g/mol. The number of halogens is 1. The average molecular weight is 225 g/mol. The molecule has 0 N–H and O–H groups in total. The molecule has 0 aliphatic rings. The van der Waals surface area contributed by atoms with Gasteiger partial charge in [0.25, 0.3) is 0 Å². The van der Waals surface area contributed by atoms with Crippen LogP contribution in [-0.2, 0) is 4.79 Å². The van der Waals surface area contributed by atoms with Crippen LogP contribution in [0, 0.1) is 22.0 Å². The highest BCUT2D eigenvalue weighted by molar-refractivity contribution is 6.31. The van der Waals surface area contributed by atoms with Gasteiger partial charge in [0, 0.05) is 17.8 Å². The zero-order valence-electron chi connectivity index (χ0n) is 7.44. The van der Waals surface area contributed by atoms with E-state index in [4.69, 9.17) is 11.6 Å². The van der Waals surface area contributed by atoms with E-state index >= 15 is 0 Å². The van der Waals surface area contributed by atoms with Crippen molar-refractivity contribution in [2.75, 3.05) is 0 Å². The summed E-state index contributed by atoms with van der Waals surface area (Å²) in [6.07, 6.45) is 2.04. The van der Waals surface area contributed by atoms with E-state index in [-0.39, 0.29) is 17.3 Å². The first-order valence-electron chi connectivity index (χ1n) is 3.87. The number of rotatable bonds is 2. The molecule has 0 unspecified atom stereocenters. The normalized spacial score (nSPS) is 8.87. The third-order valence-electron chi connectivity index (χ3n) is 1.44. The van der Waals surface area contributed by atoms with Crippen molar-refractivity contribution in [2.24, 2.45) is 0 Å². The molecule has 0 fully saturated rings. The standard InChI is InChI=1S/C9H5ClN2O3/c10-9-8(12(14)15)5-7(6-11-9)3-1-2-4-13/h4-6H,2H2. The van der Waals surface area contributed by atoms with Gasteiger partial charge < -0.3 is 4.79 Å². The van der Waals surface area contributed by atoms with Crippen LogP contribution in [0.25, 0.3) is 0 Å². The maximum absolute atomic E-state index is 10.5. The van der Waals surface area contributed by atoms with E-state index in [0.29, 0.717) is 11.8 Å². The van der Waals surface area contributed by atoms with Crippen molar-refractivity contribution in [3.63, 3.8) is 0 Å². The van der Waals surface area contributed by atoms with Crippen molar-refractivity contribution in [2.45, 2.75) is 6.42 Å². The van der Waals surface area contributed by atoms with Crippen LogP contribution in [-0.4, -0.2) is 16.2 Å². The van der Waals surface area contributed by atoms with Gasteiger partial charge >= 0.3 is 5.69 Å². The van der Waals surface area contributed by atoms with Crippen LogP contribution in [0.4, 0.5) is 5.69 Å². The SMILES string of the molecule is O=CCC#Cc1cnc(Cl)c([N+](=O)[O-])c1. The molecule has 1 aromatic rings. The molecule has 15 heavy (non-hydrogen) atoms. The number of carbonyl (C=O) groups excluding carboxylic acids is 1. The Kier molecular flexibility index (Phi) is 3.77. The second-order valence-corrected chi connectivity index (χ2v) is 2.82. The van der Waals surface area contributed by atoms with Crippen LogP contribution < -0.4 is 0 Å². The minimum atomic E-state index is -0.639. The number of carbonyl (C=O) groups is 1. The Bertz CT molecular complexity index is 462. The van der Waals surface area contributed by atoms with Gasteiger partial charge in [-0.2, -0.15) is 0 Å². The zero-order valence-corrected chi connectivity index (χ0v) is 8.19. The lowest BCUT2D eigenvalue weighted by molar-refractivity contribution is -0.385. The molecule has 0 spiro atoms. The van der Waals surface area contributed by atoms with Gasteiger partial charge in [0.05, 0.1) is 11.3 Å². The molecule has 0 aliphatic heterocycles. The largest absolute Gasteiger partial charge is 0.307 e. The predicted molar refractivity (Wildman–Crippen MR) is 53.5 cm³/mol. The Morgan fingerprint density at radius 1 is 1.67 bits per heavy atom. The third kappa shape index (κ3) is 3.04. The highest BCUT2D eigenvalue weighted by Crippen LogP contribution is 2.21. The van der Waals surface area contributed by atoms with Crippen LogP contribution in [0.1, 0.15) is 12.0 Å². The summed E-state index contributed by atoms with van der Waals surface area (Å²) < 4.78 is 0. The zero-order chi connectivity index (χ0) is 11.3. The molecule has 0 radical (unpaired) electrons. The Labute approximate surface area is 90.2 Å². The number of aromatic nitrogens is 1. The van der Waals surface area contributed by atoms with Crippen LogP contribution in [0.2, 0.25) is 5.15 Å². The predicted octanol–water partition coefficient (Wildman–Crippen LogP) is 1.58. The molecule has 1 aromatic heterocycles. The summed E-state index contributed by atoms with van der Waals surface area (Å²) >= 11 is 5.50. The van der Waals surface area contributed by atoms with Gasteiger partial charge in [0.2, 0.25) is 5.15 Å². The number of aldehydes is 1. The van der Waals surface area contributed by atoms with E-state index in [1.54, 1.807) is 0 Å². The van der Waals surface area contributed by atoms with Crippen molar-refractivity contribution in [1.29, 1.82) is 0 Å². The quantitative estimate of drug-likeness (QED) is 0.251. The molecule has 6 heteroatoms. The van der Waals surface area contributed by atoms with Gasteiger partial charge in [-0.15, -0.1) is 0 Å². The fourth-order valence-corrected chi connectivity index (χ4v) is 1.000. The lowest BCUT2D eigenvalue weighted by Crippen LogP contribution is -1.92. The average Bonchev–Trinajstić information content (AvgIpc) is 2.20. The number of hydrogen-bond donors (Lipinski definition) is 0. The second-order valence-electron chi connectivity index (χ2n) is 2.46. The van der Waals surface area contributed by atoms with Gasteiger partial charge in [-0.1, -0.05) is 23.4 Å². The molecule has 0 bridgehead atoms. The van der Waals surface area contributed by atoms with Gasteiger partial charge in [0.15, 0.2) is 0 Å². The van der Waals surface area contributed by atoms with Crippen molar-refractivity contribution in [3.8, 4) is 11.8 Å². The molecular formula is C9H5ClN2O3. The topological polar surface area (TPSA) is 73.1 Å². The molecule has 76 valence electrons. The van der Waals surface area contributed by atoms with Crippen molar-refractivity contribution < 1.29 is 9.72 Å². The van der Waals surface area contributed by atoms with Crippen LogP contribution in [0.15, 0.2) is 12.3 Å². The molecule has 0 saturated carbocycles. The van der Waals surface area contributed by atoms with E-state index in [1.165, 1.54) is 12.3 Å². The first kappa shape index (κ1) is 11.1. The summed E-state index contributed by atoms with van der Waals surface area (Å²) in [5.74, 6) is 5.07. The Morgan fingerprint density at radius 2 is 2.40 bits per heavy atom. The molecule has 0 amide bonds. The first-order chi connectivity index (χ1) is 7.15. The summed E-state index contributed by atoms with van der Waals surface area (Å²) in [4.78, 5) is 23.4. The lowest BCUT2D eigenvalue weighted by Gasteiger charge is -1.94. The van der Waals surface area contributed by atoms with Crippen molar-refractivity contribution in [3.05, 3.63) is 33.1 Å².